The Labute approximate surface area is 179 Å². The number of hydrogen-bond donors (Lipinski definition) is 1. The molecule has 2 heterocycles. The zero-order valence-electron chi connectivity index (χ0n) is 17.4. The number of methoxy groups -OCH3 is 1. The highest BCUT2D eigenvalue weighted by Crippen LogP contribution is 2.34. The largest absolute Gasteiger partial charge is 0.497 e. The van der Waals surface area contributed by atoms with Crippen molar-refractivity contribution < 1.29 is 9.53 Å². The van der Waals surface area contributed by atoms with Gasteiger partial charge in [0, 0.05) is 16.8 Å². The van der Waals surface area contributed by atoms with E-state index >= 15 is 0 Å². The molecule has 3 rings (SSSR count). The summed E-state index contributed by atoms with van der Waals surface area (Å²) in [6.45, 7) is 4.70. The fourth-order valence-electron chi connectivity index (χ4n) is 3.08. The first-order chi connectivity index (χ1) is 13.9. The van der Waals surface area contributed by atoms with Crippen LogP contribution in [0.25, 0.3) is 10.2 Å². The van der Waals surface area contributed by atoms with Gasteiger partial charge in [0.2, 0.25) is 5.91 Å². The molecule has 0 spiro atoms. The van der Waals surface area contributed by atoms with Crippen molar-refractivity contribution in [2.45, 2.75) is 24.9 Å². The van der Waals surface area contributed by atoms with Crippen LogP contribution in [0.3, 0.4) is 0 Å². The summed E-state index contributed by atoms with van der Waals surface area (Å²) in [5.74, 6) is 1.14. The van der Waals surface area contributed by atoms with Crippen molar-refractivity contribution in [1.29, 1.82) is 0 Å². The molecule has 29 heavy (non-hydrogen) atoms. The third kappa shape index (κ3) is 5.07. The van der Waals surface area contributed by atoms with Gasteiger partial charge in [0.15, 0.2) is 0 Å². The van der Waals surface area contributed by atoms with Crippen molar-refractivity contribution in [3.05, 3.63) is 46.6 Å². The molecule has 6 nitrogen and oxygen atoms in total. The zero-order valence-corrected chi connectivity index (χ0v) is 19.0. The monoisotopic (exact) mass is 430 g/mol. The summed E-state index contributed by atoms with van der Waals surface area (Å²) in [6.07, 6.45) is 1.57. The second-order valence-electron chi connectivity index (χ2n) is 6.99. The van der Waals surface area contributed by atoms with Gasteiger partial charge in [-0.1, -0.05) is 23.9 Å². The number of thioether (sulfide) groups is 1. The van der Waals surface area contributed by atoms with Crippen molar-refractivity contribution in [1.82, 2.24) is 20.2 Å². The Morgan fingerprint density at radius 2 is 1.97 bits per heavy atom. The average Bonchev–Trinajstić information content (AvgIpc) is 3.01. The van der Waals surface area contributed by atoms with E-state index in [0.717, 1.165) is 26.6 Å². The second-order valence-corrected chi connectivity index (χ2v) is 9.15. The van der Waals surface area contributed by atoms with Gasteiger partial charge in [-0.15, -0.1) is 11.3 Å². The lowest BCUT2D eigenvalue weighted by atomic mass is 10.1. The van der Waals surface area contributed by atoms with Gasteiger partial charge >= 0.3 is 0 Å². The molecule has 2 aromatic heterocycles. The molecular formula is C21H26N4O2S2. The van der Waals surface area contributed by atoms with Gasteiger partial charge < -0.3 is 15.0 Å². The van der Waals surface area contributed by atoms with E-state index in [4.69, 9.17) is 4.74 Å². The molecule has 1 N–H and O–H groups in total. The Kier molecular flexibility index (Phi) is 7.10. The summed E-state index contributed by atoms with van der Waals surface area (Å²) in [4.78, 5) is 25.6. The van der Waals surface area contributed by atoms with Crippen molar-refractivity contribution in [2.24, 2.45) is 0 Å². The number of carbonyl (C=O) groups excluding carboxylic acids is 1. The van der Waals surface area contributed by atoms with E-state index in [-0.39, 0.29) is 11.9 Å². The van der Waals surface area contributed by atoms with Gasteiger partial charge in [-0.05, 0) is 51.2 Å². The van der Waals surface area contributed by atoms with E-state index in [9.17, 15) is 4.79 Å². The molecular weight excluding hydrogens is 404 g/mol. The Morgan fingerprint density at radius 1 is 1.24 bits per heavy atom. The van der Waals surface area contributed by atoms with Gasteiger partial charge in [-0.2, -0.15) is 0 Å². The highest BCUT2D eigenvalue weighted by Gasteiger charge is 2.17. The summed E-state index contributed by atoms with van der Waals surface area (Å²) in [6, 6.07) is 8.03. The number of carbonyl (C=O) groups is 1. The number of ether oxygens (including phenoxy) is 1. The Bertz CT molecular complexity index is 986. The number of nitrogens with zero attached hydrogens (tertiary/aromatic N) is 3. The van der Waals surface area contributed by atoms with Crippen molar-refractivity contribution in [3.8, 4) is 5.75 Å². The predicted octanol–water partition coefficient (Wildman–Crippen LogP) is 3.83. The van der Waals surface area contributed by atoms with Crippen LogP contribution < -0.4 is 10.1 Å². The lowest BCUT2D eigenvalue weighted by molar-refractivity contribution is -0.118. The van der Waals surface area contributed by atoms with Gasteiger partial charge in [-0.3, -0.25) is 4.79 Å². The first-order valence-corrected chi connectivity index (χ1v) is 11.1. The van der Waals surface area contributed by atoms with Crippen LogP contribution in [-0.4, -0.2) is 54.3 Å². The number of nitrogens with one attached hydrogen (secondary N) is 1. The standard InChI is InChI=1S/C21H26N4O2S2/c1-13-14(2)29-21-19(13)20(23-12-24-21)28-11-18(26)22-10-17(25(3)4)15-6-8-16(27-5)9-7-15/h6-9,12,17H,10-11H2,1-5H3,(H,22,26). The Hall–Kier alpha value is -2.16. The van der Waals surface area contributed by atoms with Crippen LogP contribution in [0.4, 0.5) is 0 Å². The molecule has 0 bridgehead atoms. The molecule has 0 radical (unpaired) electrons. The molecule has 0 aliphatic carbocycles. The van der Waals surface area contributed by atoms with Crippen LogP contribution in [0.5, 0.6) is 5.75 Å². The van der Waals surface area contributed by atoms with Crippen molar-refractivity contribution in [3.63, 3.8) is 0 Å². The van der Waals surface area contributed by atoms with Crippen LogP contribution >= 0.6 is 23.1 Å². The molecule has 8 heteroatoms. The van der Waals surface area contributed by atoms with E-state index in [1.165, 1.54) is 22.2 Å². The van der Waals surface area contributed by atoms with Gasteiger partial charge in [-0.25, -0.2) is 9.97 Å². The minimum absolute atomic E-state index is 0.00766. The number of amides is 1. The lowest BCUT2D eigenvalue weighted by Gasteiger charge is -2.25. The average molecular weight is 431 g/mol. The van der Waals surface area contributed by atoms with E-state index in [2.05, 4.69) is 34.0 Å². The summed E-state index contributed by atoms with van der Waals surface area (Å²) < 4.78 is 5.23. The highest BCUT2D eigenvalue weighted by molar-refractivity contribution is 8.00. The minimum Gasteiger partial charge on any atom is -0.497 e. The molecule has 1 unspecified atom stereocenters. The summed E-state index contributed by atoms with van der Waals surface area (Å²) in [7, 11) is 5.67. The number of hydrogen-bond acceptors (Lipinski definition) is 7. The number of aryl methyl sites for hydroxylation is 2. The molecule has 1 amide bonds. The minimum atomic E-state index is -0.00766. The highest BCUT2D eigenvalue weighted by atomic mass is 32.2. The number of fused-ring (bicyclic) bond motifs is 1. The Balaban J connectivity index is 1.61. The van der Waals surface area contributed by atoms with Crippen molar-refractivity contribution >= 4 is 39.2 Å². The van der Waals surface area contributed by atoms with E-state index in [0.29, 0.717) is 12.3 Å². The van der Waals surface area contributed by atoms with Crippen LogP contribution in [0.1, 0.15) is 22.0 Å². The maximum atomic E-state index is 12.5. The third-order valence-corrected chi connectivity index (χ3v) is 6.99. The molecule has 0 saturated carbocycles. The van der Waals surface area contributed by atoms with Gasteiger partial charge in [0.05, 0.1) is 18.9 Å². The van der Waals surface area contributed by atoms with Crippen LogP contribution in [0.2, 0.25) is 0 Å². The molecule has 1 atom stereocenters. The molecule has 0 saturated heterocycles. The van der Waals surface area contributed by atoms with Crippen LogP contribution in [0.15, 0.2) is 35.6 Å². The lowest BCUT2D eigenvalue weighted by Crippen LogP contribution is -2.35. The fourth-order valence-corrected chi connectivity index (χ4v) is 5.03. The van der Waals surface area contributed by atoms with Crippen LogP contribution in [-0.2, 0) is 4.79 Å². The Morgan fingerprint density at radius 3 is 2.62 bits per heavy atom. The van der Waals surface area contributed by atoms with Gasteiger partial charge in [0.1, 0.15) is 21.9 Å². The second kappa shape index (κ2) is 9.56. The number of benzene rings is 1. The number of thiophene rings is 1. The molecule has 0 aliphatic heterocycles. The molecule has 0 fully saturated rings. The SMILES string of the molecule is COc1ccc(C(CNC(=O)CSc2ncnc3sc(C)c(C)c23)N(C)C)cc1. The first kappa shape index (κ1) is 21.5. The summed E-state index contributed by atoms with van der Waals surface area (Å²) in [5, 5.41) is 4.99. The topological polar surface area (TPSA) is 67.3 Å². The molecule has 3 aromatic rings. The normalized spacial score (nSPS) is 12.3. The first-order valence-electron chi connectivity index (χ1n) is 9.31. The number of likely N-dealkylation sites (N-methyl/N-ethyl adjacent to an activating group) is 1. The number of aromatic nitrogens is 2. The molecule has 1 aromatic carbocycles. The maximum Gasteiger partial charge on any atom is 0.230 e. The zero-order chi connectivity index (χ0) is 21.0. The van der Waals surface area contributed by atoms with Crippen LogP contribution in [0, 0.1) is 13.8 Å². The third-order valence-electron chi connectivity index (χ3n) is 4.89. The fraction of sp³-hybridized carbons (Fsp3) is 0.381. The van der Waals surface area contributed by atoms with E-state index < -0.39 is 0 Å². The number of rotatable bonds is 8. The molecule has 0 aliphatic rings. The quantitative estimate of drug-likeness (QED) is 0.433. The van der Waals surface area contributed by atoms with E-state index in [1.54, 1.807) is 24.8 Å². The van der Waals surface area contributed by atoms with E-state index in [1.807, 2.05) is 38.4 Å². The summed E-state index contributed by atoms with van der Waals surface area (Å²) >= 11 is 3.12. The van der Waals surface area contributed by atoms with Gasteiger partial charge in [0.25, 0.3) is 0 Å². The molecule has 154 valence electrons. The van der Waals surface area contributed by atoms with Crippen molar-refractivity contribution in [2.75, 3.05) is 33.5 Å². The summed E-state index contributed by atoms with van der Waals surface area (Å²) in [5.41, 5.74) is 2.33. The smallest absolute Gasteiger partial charge is 0.230 e. The predicted molar refractivity (Wildman–Crippen MR) is 120 cm³/mol. The maximum absolute atomic E-state index is 12.5.